The zero-order valence-corrected chi connectivity index (χ0v) is 10.9. The fourth-order valence-corrected chi connectivity index (χ4v) is 1.93. The van der Waals surface area contributed by atoms with E-state index in [0.717, 1.165) is 6.26 Å². The molecular formula is C10H19NO4S. The Morgan fingerprint density at radius 1 is 1.25 bits per heavy atom. The molecule has 0 bridgehead atoms. The normalized spacial score (nSPS) is 13.6. The van der Waals surface area contributed by atoms with Crippen LogP contribution in [0.5, 0.6) is 0 Å². The second-order valence-corrected chi connectivity index (χ2v) is 6.49. The molecule has 94 valence electrons. The fourth-order valence-electron chi connectivity index (χ4n) is 1.27. The minimum atomic E-state index is -3.12. The van der Waals surface area contributed by atoms with Crippen LogP contribution < -0.4 is 5.32 Å². The van der Waals surface area contributed by atoms with Gasteiger partial charge < -0.3 is 5.32 Å². The number of hydrogen-bond acceptors (Lipinski definition) is 4. The number of sulfone groups is 1. The van der Waals surface area contributed by atoms with Crippen LogP contribution in [0.3, 0.4) is 0 Å². The lowest BCUT2D eigenvalue weighted by atomic mass is 10.00. The fraction of sp³-hybridized carbons (Fsp3) is 0.800. The Kier molecular flexibility index (Phi) is 5.64. The van der Waals surface area contributed by atoms with E-state index in [0.29, 0.717) is 0 Å². The summed E-state index contributed by atoms with van der Waals surface area (Å²) in [4.78, 5) is 22.6. The van der Waals surface area contributed by atoms with Crippen molar-refractivity contribution >= 4 is 21.5 Å². The van der Waals surface area contributed by atoms with Gasteiger partial charge in [-0.05, 0) is 6.42 Å². The highest BCUT2D eigenvalue weighted by molar-refractivity contribution is 7.90. The van der Waals surface area contributed by atoms with Crippen LogP contribution in [-0.4, -0.2) is 38.2 Å². The number of nitrogens with one attached hydrogen (secondary N) is 1. The van der Waals surface area contributed by atoms with Crippen LogP contribution in [0.15, 0.2) is 0 Å². The summed E-state index contributed by atoms with van der Waals surface area (Å²) in [6.07, 6.45) is 1.24. The molecule has 0 rings (SSSR count). The van der Waals surface area contributed by atoms with Gasteiger partial charge in [-0.2, -0.15) is 0 Å². The molecule has 0 unspecified atom stereocenters. The smallest absolute Gasteiger partial charge is 0.217 e. The Morgan fingerprint density at radius 2 is 1.75 bits per heavy atom. The molecule has 0 saturated heterocycles. The Labute approximate surface area is 96.5 Å². The molecule has 0 fully saturated rings. The molecule has 0 aliphatic carbocycles. The predicted molar refractivity (Wildman–Crippen MR) is 61.8 cm³/mol. The van der Waals surface area contributed by atoms with Gasteiger partial charge in [-0.25, -0.2) is 8.42 Å². The summed E-state index contributed by atoms with van der Waals surface area (Å²) in [6, 6.07) is -0.702. The maximum atomic E-state index is 11.7. The number of ketones is 1. The molecule has 1 atom stereocenters. The average Bonchev–Trinajstić information content (AvgIpc) is 2.08. The zero-order valence-electron chi connectivity index (χ0n) is 10.1. The van der Waals surface area contributed by atoms with Gasteiger partial charge in [0.15, 0.2) is 5.78 Å². The van der Waals surface area contributed by atoms with Crippen LogP contribution in [0.25, 0.3) is 0 Å². The average molecular weight is 249 g/mol. The third-order valence-electron chi connectivity index (χ3n) is 2.07. The first-order chi connectivity index (χ1) is 7.13. The van der Waals surface area contributed by atoms with E-state index in [1.807, 2.05) is 0 Å². The lowest BCUT2D eigenvalue weighted by Gasteiger charge is -2.18. The zero-order chi connectivity index (χ0) is 12.9. The molecule has 0 radical (unpaired) electrons. The van der Waals surface area contributed by atoms with Gasteiger partial charge in [0.05, 0.1) is 11.8 Å². The Morgan fingerprint density at radius 3 is 2.06 bits per heavy atom. The minimum absolute atomic E-state index is 0.101. The van der Waals surface area contributed by atoms with Gasteiger partial charge in [0, 0.05) is 19.1 Å². The molecule has 5 nitrogen and oxygen atoms in total. The molecule has 0 aliphatic heterocycles. The SMILES string of the molecule is CC(=O)N[C@@H](CCS(C)(=O)=O)C(=O)C(C)C. The van der Waals surface area contributed by atoms with Crippen molar-refractivity contribution in [2.45, 2.75) is 33.2 Å². The number of carbonyl (C=O) groups is 2. The number of hydrogen-bond donors (Lipinski definition) is 1. The van der Waals surface area contributed by atoms with E-state index >= 15 is 0 Å². The molecule has 0 aromatic heterocycles. The van der Waals surface area contributed by atoms with E-state index < -0.39 is 15.9 Å². The van der Waals surface area contributed by atoms with Crippen molar-refractivity contribution in [3.05, 3.63) is 0 Å². The van der Waals surface area contributed by atoms with Crippen LogP contribution in [-0.2, 0) is 19.4 Å². The molecular weight excluding hydrogens is 230 g/mol. The second-order valence-electron chi connectivity index (χ2n) is 4.23. The van der Waals surface area contributed by atoms with Crippen LogP contribution >= 0.6 is 0 Å². The van der Waals surface area contributed by atoms with Crippen molar-refractivity contribution in [3.63, 3.8) is 0 Å². The molecule has 16 heavy (non-hydrogen) atoms. The molecule has 0 aromatic carbocycles. The van der Waals surface area contributed by atoms with Gasteiger partial charge >= 0.3 is 0 Å². The summed E-state index contributed by atoms with van der Waals surface area (Å²) in [5.74, 6) is -0.793. The number of Topliss-reactive ketones (excluding diaryl/α,β-unsaturated/α-hetero) is 1. The topological polar surface area (TPSA) is 80.3 Å². The quantitative estimate of drug-likeness (QED) is 0.726. The van der Waals surface area contributed by atoms with Crippen molar-refractivity contribution in [3.8, 4) is 0 Å². The Balaban J connectivity index is 4.56. The van der Waals surface area contributed by atoms with Gasteiger partial charge in [-0.1, -0.05) is 13.8 Å². The summed E-state index contributed by atoms with van der Waals surface area (Å²) in [5.41, 5.74) is 0. The van der Waals surface area contributed by atoms with Crippen LogP contribution in [0.1, 0.15) is 27.2 Å². The first-order valence-corrected chi connectivity index (χ1v) is 7.18. The van der Waals surface area contributed by atoms with E-state index in [4.69, 9.17) is 0 Å². The van der Waals surface area contributed by atoms with Crippen LogP contribution in [0.2, 0.25) is 0 Å². The number of carbonyl (C=O) groups excluding carboxylic acids is 2. The summed E-state index contributed by atoms with van der Waals surface area (Å²) in [7, 11) is -3.12. The highest BCUT2D eigenvalue weighted by Crippen LogP contribution is 2.05. The molecule has 0 spiro atoms. The van der Waals surface area contributed by atoms with E-state index in [9.17, 15) is 18.0 Å². The van der Waals surface area contributed by atoms with Gasteiger partial charge in [-0.15, -0.1) is 0 Å². The Bertz CT molecular complexity index is 359. The number of rotatable bonds is 6. The second kappa shape index (κ2) is 5.98. The van der Waals surface area contributed by atoms with E-state index in [1.54, 1.807) is 13.8 Å². The van der Waals surface area contributed by atoms with Crippen molar-refractivity contribution in [2.75, 3.05) is 12.0 Å². The Hall–Kier alpha value is -0.910. The molecule has 0 saturated carbocycles. The molecule has 0 heterocycles. The van der Waals surface area contributed by atoms with Gasteiger partial charge in [0.1, 0.15) is 9.84 Å². The third kappa shape index (κ3) is 6.55. The molecule has 1 N–H and O–H groups in total. The van der Waals surface area contributed by atoms with E-state index in [2.05, 4.69) is 5.32 Å². The molecule has 0 aliphatic rings. The standard InChI is InChI=1S/C10H19NO4S/c1-7(2)10(13)9(11-8(3)12)5-6-16(4,14)15/h7,9H,5-6H2,1-4H3,(H,11,12)/t9-/m0/s1. The van der Waals surface area contributed by atoms with Crippen LogP contribution in [0.4, 0.5) is 0 Å². The van der Waals surface area contributed by atoms with Gasteiger partial charge in [0.2, 0.25) is 5.91 Å². The molecule has 6 heteroatoms. The third-order valence-corrected chi connectivity index (χ3v) is 3.04. The molecule has 1 amide bonds. The predicted octanol–water partition coefficient (Wildman–Crippen LogP) is 0.151. The lowest BCUT2D eigenvalue weighted by molar-refractivity contribution is -0.128. The maximum absolute atomic E-state index is 11.7. The largest absolute Gasteiger partial charge is 0.346 e. The summed E-state index contributed by atoms with van der Waals surface area (Å²) >= 11 is 0. The molecule has 0 aromatic rings. The highest BCUT2D eigenvalue weighted by Gasteiger charge is 2.23. The highest BCUT2D eigenvalue weighted by atomic mass is 32.2. The van der Waals surface area contributed by atoms with Crippen LogP contribution in [0, 0.1) is 5.92 Å². The van der Waals surface area contributed by atoms with E-state index in [-0.39, 0.29) is 29.8 Å². The lowest BCUT2D eigenvalue weighted by Crippen LogP contribution is -2.42. The summed E-state index contributed by atoms with van der Waals surface area (Å²) in [6.45, 7) is 4.75. The first-order valence-electron chi connectivity index (χ1n) is 5.12. The van der Waals surface area contributed by atoms with Gasteiger partial charge in [0.25, 0.3) is 0 Å². The summed E-state index contributed by atoms with van der Waals surface area (Å²) in [5, 5.41) is 2.48. The monoisotopic (exact) mass is 249 g/mol. The van der Waals surface area contributed by atoms with E-state index in [1.165, 1.54) is 6.92 Å². The van der Waals surface area contributed by atoms with Crippen molar-refractivity contribution < 1.29 is 18.0 Å². The van der Waals surface area contributed by atoms with Crippen molar-refractivity contribution in [2.24, 2.45) is 5.92 Å². The number of amides is 1. The first kappa shape index (κ1) is 15.1. The van der Waals surface area contributed by atoms with Crippen molar-refractivity contribution in [1.29, 1.82) is 0 Å². The van der Waals surface area contributed by atoms with Crippen molar-refractivity contribution in [1.82, 2.24) is 5.32 Å². The summed E-state index contributed by atoms with van der Waals surface area (Å²) < 4.78 is 22.0. The maximum Gasteiger partial charge on any atom is 0.217 e. The minimum Gasteiger partial charge on any atom is -0.346 e. The van der Waals surface area contributed by atoms with Gasteiger partial charge in [-0.3, -0.25) is 9.59 Å².